The Labute approximate surface area is 128 Å². The highest BCUT2D eigenvalue weighted by atomic mass is 16.5. The Morgan fingerprint density at radius 2 is 2.05 bits per heavy atom. The summed E-state index contributed by atoms with van der Waals surface area (Å²) in [5.41, 5.74) is 1.25. The lowest BCUT2D eigenvalue weighted by Gasteiger charge is -2.42. The molecule has 1 aliphatic carbocycles. The molecule has 1 N–H and O–H groups in total. The number of rotatable bonds is 5. The fraction of sp³-hybridized carbons (Fsp3) is 0.667. The number of nitrogens with zero attached hydrogens (tertiary/aromatic N) is 1. The summed E-state index contributed by atoms with van der Waals surface area (Å²) in [6.07, 6.45) is 3.27. The lowest BCUT2D eigenvalue weighted by molar-refractivity contribution is -0.0415. The van der Waals surface area contributed by atoms with Crippen LogP contribution in [0, 0.1) is 11.3 Å². The summed E-state index contributed by atoms with van der Waals surface area (Å²) in [5, 5.41) is 10.6. The summed E-state index contributed by atoms with van der Waals surface area (Å²) in [6.45, 7) is 6.16. The van der Waals surface area contributed by atoms with Crippen LogP contribution in [0.5, 0.6) is 5.75 Å². The van der Waals surface area contributed by atoms with E-state index in [0.29, 0.717) is 5.92 Å². The molecule has 1 aromatic carbocycles. The van der Waals surface area contributed by atoms with Gasteiger partial charge in [-0.3, -0.25) is 0 Å². The number of hydrogen-bond acceptors (Lipinski definition) is 3. The molecule has 3 nitrogen and oxygen atoms in total. The Morgan fingerprint density at radius 1 is 1.33 bits per heavy atom. The molecule has 1 aliphatic rings. The van der Waals surface area contributed by atoms with Crippen LogP contribution in [0.4, 0.5) is 0 Å². The number of aliphatic hydroxyl groups excluding tert-OH is 1. The van der Waals surface area contributed by atoms with E-state index in [1.807, 2.05) is 18.2 Å². The fourth-order valence-corrected chi connectivity index (χ4v) is 3.54. The zero-order valence-electron chi connectivity index (χ0n) is 13.8. The molecule has 118 valence electrons. The Hall–Kier alpha value is -1.06. The van der Waals surface area contributed by atoms with Gasteiger partial charge in [0.05, 0.1) is 13.2 Å². The average molecular weight is 291 g/mol. The van der Waals surface area contributed by atoms with Gasteiger partial charge in [-0.1, -0.05) is 38.5 Å². The third-order valence-corrected chi connectivity index (χ3v) is 4.82. The predicted molar refractivity (Wildman–Crippen MR) is 86.5 cm³/mol. The van der Waals surface area contributed by atoms with E-state index < -0.39 is 0 Å². The lowest BCUT2D eigenvalue weighted by Crippen LogP contribution is -2.44. The third kappa shape index (κ3) is 3.98. The molecule has 0 aliphatic heterocycles. The van der Waals surface area contributed by atoms with E-state index in [1.165, 1.54) is 12.0 Å². The Bertz CT molecular complexity index is 458. The van der Waals surface area contributed by atoms with Crippen molar-refractivity contribution in [2.45, 2.75) is 45.8 Å². The molecule has 0 bridgehead atoms. The maximum absolute atomic E-state index is 10.6. The molecule has 21 heavy (non-hydrogen) atoms. The van der Waals surface area contributed by atoms with Gasteiger partial charge in [0.25, 0.3) is 0 Å². The van der Waals surface area contributed by atoms with Crippen LogP contribution in [-0.2, 0) is 6.54 Å². The van der Waals surface area contributed by atoms with E-state index in [4.69, 9.17) is 4.74 Å². The number of aliphatic hydroxyl groups is 1. The first kappa shape index (κ1) is 16.3. The minimum absolute atomic E-state index is 0.0498. The first-order chi connectivity index (χ1) is 9.94. The number of ether oxygens (including phenoxy) is 1. The van der Waals surface area contributed by atoms with Gasteiger partial charge in [0.1, 0.15) is 5.75 Å². The van der Waals surface area contributed by atoms with Crippen molar-refractivity contribution in [2.75, 3.05) is 20.7 Å². The van der Waals surface area contributed by atoms with Crippen LogP contribution in [0.3, 0.4) is 0 Å². The maximum Gasteiger partial charge on any atom is 0.123 e. The van der Waals surface area contributed by atoms with Crippen molar-refractivity contribution in [1.82, 2.24) is 4.90 Å². The van der Waals surface area contributed by atoms with Crippen molar-refractivity contribution < 1.29 is 9.84 Å². The normalized spacial score (nSPS) is 25.0. The van der Waals surface area contributed by atoms with E-state index in [0.717, 1.165) is 31.7 Å². The Morgan fingerprint density at radius 3 is 2.76 bits per heavy atom. The van der Waals surface area contributed by atoms with E-state index >= 15 is 0 Å². The minimum atomic E-state index is -0.202. The summed E-state index contributed by atoms with van der Waals surface area (Å²) in [5.74, 6) is 1.31. The molecule has 1 saturated carbocycles. The van der Waals surface area contributed by atoms with Crippen molar-refractivity contribution in [2.24, 2.45) is 11.3 Å². The minimum Gasteiger partial charge on any atom is -0.496 e. The molecule has 0 heterocycles. The standard InChI is InChI=1S/C18H29NO2/c1-18(2)11-7-9-15(17(18)20)13-19(3)12-14-8-5-6-10-16(14)21-4/h5-6,8,10,15,17,20H,7,9,11-13H2,1-4H3. The molecular weight excluding hydrogens is 262 g/mol. The second-order valence-electron chi connectivity index (χ2n) is 7.09. The van der Waals surface area contributed by atoms with E-state index in [2.05, 4.69) is 31.9 Å². The van der Waals surface area contributed by atoms with Gasteiger partial charge < -0.3 is 14.7 Å². The Balaban J connectivity index is 1.97. The van der Waals surface area contributed by atoms with Crippen LogP contribution >= 0.6 is 0 Å². The maximum atomic E-state index is 10.6. The molecule has 0 aromatic heterocycles. The molecule has 0 spiro atoms. The summed E-state index contributed by atoms with van der Waals surface area (Å²) in [4.78, 5) is 2.30. The highest BCUT2D eigenvalue weighted by molar-refractivity contribution is 5.33. The molecule has 2 atom stereocenters. The number of benzene rings is 1. The second-order valence-corrected chi connectivity index (χ2v) is 7.09. The number of para-hydroxylation sites is 1. The first-order valence-electron chi connectivity index (χ1n) is 7.92. The predicted octanol–water partition coefficient (Wildman–Crippen LogP) is 3.31. The smallest absolute Gasteiger partial charge is 0.123 e. The molecule has 1 fully saturated rings. The second kappa shape index (κ2) is 6.80. The lowest BCUT2D eigenvalue weighted by atomic mass is 9.69. The van der Waals surface area contributed by atoms with E-state index in [1.54, 1.807) is 7.11 Å². The van der Waals surface area contributed by atoms with Crippen LogP contribution in [0.1, 0.15) is 38.7 Å². The molecule has 0 radical (unpaired) electrons. The molecule has 1 aromatic rings. The summed E-state index contributed by atoms with van der Waals surface area (Å²) < 4.78 is 5.41. The third-order valence-electron chi connectivity index (χ3n) is 4.82. The van der Waals surface area contributed by atoms with Crippen LogP contribution in [0.2, 0.25) is 0 Å². The fourth-order valence-electron chi connectivity index (χ4n) is 3.54. The number of methoxy groups -OCH3 is 1. The van der Waals surface area contributed by atoms with Crippen molar-refractivity contribution >= 4 is 0 Å². The van der Waals surface area contributed by atoms with E-state index in [9.17, 15) is 5.11 Å². The van der Waals surface area contributed by atoms with Crippen molar-refractivity contribution in [1.29, 1.82) is 0 Å². The largest absolute Gasteiger partial charge is 0.496 e. The van der Waals surface area contributed by atoms with Gasteiger partial charge in [-0.25, -0.2) is 0 Å². The number of hydrogen-bond donors (Lipinski definition) is 1. The van der Waals surface area contributed by atoms with Gasteiger partial charge in [0.15, 0.2) is 0 Å². The van der Waals surface area contributed by atoms with Crippen LogP contribution < -0.4 is 4.74 Å². The zero-order chi connectivity index (χ0) is 15.5. The molecule has 2 rings (SSSR count). The van der Waals surface area contributed by atoms with Crippen LogP contribution in [-0.4, -0.2) is 36.8 Å². The topological polar surface area (TPSA) is 32.7 Å². The van der Waals surface area contributed by atoms with Gasteiger partial charge in [-0.05, 0) is 37.3 Å². The van der Waals surface area contributed by atoms with Crippen molar-refractivity contribution in [3.63, 3.8) is 0 Å². The SMILES string of the molecule is COc1ccccc1CN(C)CC1CCCC(C)(C)C1O. The molecule has 0 amide bonds. The van der Waals surface area contributed by atoms with Gasteiger partial charge in [0, 0.05) is 18.7 Å². The monoisotopic (exact) mass is 291 g/mol. The Kier molecular flexibility index (Phi) is 5.28. The first-order valence-corrected chi connectivity index (χ1v) is 7.92. The quantitative estimate of drug-likeness (QED) is 0.903. The summed E-state index contributed by atoms with van der Waals surface area (Å²) >= 11 is 0. The molecule has 3 heteroatoms. The van der Waals surface area contributed by atoms with Gasteiger partial charge in [0.2, 0.25) is 0 Å². The molecular formula is C18H29NO2. The van der Waals surface area contributed by atoms with Gasteiger partial charge >= 0.3 is 0 Å². The van der Waals surface area contributed by atoms with Gasteiger partial charge in [-0.2, -0.15) is 0 Å². The van der Waals surface area contributed by atoms with E-state index in [-0.39, 0.29) is 11.5 Å². The van der Waals surface area contributed by atoms with Gasteiger partial charge in [-0.15, -0.1) is 0 Å². The summed E-state index contributed by atoms with van der Waals surface area (Å²) in [7, 11) is 3.84. The van der Waals surface area contributed by atoms with Crippen molar-refractivity contribution in [3.8, 4) is 5.75 Å². The highest BCUT2D eigenvalue weighted by Crippen LogP contribution is 2.39. The van der Waals surface area contributed by atoms with Crippen LogP contribution in [0.25, 0.3) is 0 Å². The zero-order valence-corrected chi connectivity index (χ0v) is 13.8. The van der Waals surface area contributed by atoms with Crippen LogP contribution in [0.15, 0.2) is 24.3 Å². The summed E-state index contributed by atoms with van der Waals surface area (Å²) in [6, 6.07) is 8.15. The van der Waals surface area contributed by atoms with Crippen molar-refractivity contribution in [3.05, 3.63) is 29.8 Å². The molecule has 2 unspecified atom stereocenters. The highest BCUT2D eigenvalue weighted by Gasteiger charge is 2.37. The average Bonchev–Trinajstić information content (AvgIpc) is 2.44. The molecule has 0 saturated heterocycles.